The van der Waals surface area contributed by atoms with E-state index in [1.807, 2.05) is 0 Å². The van der Waals surface area contributed by atoms with Crippen molar-refractivity contribution in [1.29, 1.82) is 0 Å². The standard InChI is InChI=1S/C9H13ClN2O/c1-2-3-11-9-8(10)4-7(6-13)5-12-9/h4-5,13H,2-3,6H2,1H3,(H,11,12). The highest BCUT2D eigenvalue weighted by molar-refractivity contribution is 6.32. The third kappa shape index (κ3) is 2.86. The highest BCUT2D eigenvalue weighted by atomic mass is 35.5. The quantitative estimate of drug-likeness (QED) is 0.782. The zero-order valence-electron chi connectivity index (χ0n) is 7.55. The van der Waals surface area contributed by atoms with Crippen molar-refractivity contribution in [3.8, 4) is 0 Å². The molecule has 0 atom stereocenters. The molecule has 0 aliphatic rings. The van der Waals surface area contributed by atoms with Gasteiger partial charge in [0.05, 0.1) is 11.6 Å². The highest BCUT2D eigenvalue weighted by Gasteiger charge is 2.01. The van der Waals surface area contributed by atoms with Crippen LogP contribution in [0.3, 0.4) is 0 Å². The molecular weight excluding hydrogens is 188 g/mol. The average Bonchev–Trinajstić information content (AvgIpc) is 2.16. The van der Waals surface area contributed by atoms with Crippen molar-refractivity contribution in [2.75, 3.05) is 11.9 Å². The molecule has 3 nitrogen and oxygen atoms in total. The maximum Gasteiger partial charge on any atom is 0.144 e. The van der Waals surface area contributed by atoms with E-state index in [1.54, 1.807) is 12.3 Å². The van der Waals surface area contributed by atoms with E-state index in [-0.39, 0.29) is 6.61 Å². The molecule has 0 amide bonds. The Labute approximate surface area is 82.8 Å². The smallest absolute Gasteiger partial charge is 0.144 e. The minimum Gasteiger partial charge on any atom is -0.392 e. The molecule has 0 saturated heterocycles. The first kappa shape index (κ1) is 10.3. The predicted octanol–water partition coefficient (Wildman–Crippen LogP) is 2.05. The van der Waals surface area contributed by atoms with E-state index in [0.29, 0.717) is 10.8 Å². The SMILES string of the molecule is CCCNc1ncc(CO)cc1Cl. The van der Waals surface area contributed by atoms with Crippen LogP contribution in [0.5, 0.6) is 0 Å². The van der Waals surface area contributed by atoms with Crippen LogP contribution in [0.1, 0.15) is 18.9 Å². The van der Waals surface area contributed by atoms with Gasteiger partial charge in [-0.05, 0) is 18.1 Å². The van der Waals surface area contributed by atoms with Gasteiger partial charge in [-0.3, -0.25) is 0 Å². The highest BCUT2D eigenvalue weighted by Crippen LogP contribution is 2.19. The summed E-state index contributed by atoms with van der Waals surface area (Å²) < 4.78 is 0. The number of aliphatic hydroxyl groups excluding tert-OH is 1. The zero-order chi connectivity index (χ0) is 9.68. The summed E-state index contributed by atoms with van der Waals surface area (Å²) in [6, 6.07) is 1.71. The van der Waals surface area contributed by atoms with Crippen molar-refractivity contribution in [2.24, 2.45) is 0 Å². The molecule has 0 radical (unpaired) electrons. The average molecular weight is 201 g/mol. The molecule has 0 aliphatic carbocycles. The van der Waals surface area contributed by atoms with Crippen LogP contribution in [0, 0.1) is 0 Å². The van der Waals surface area contributed by atoms with E-state index in [9.17, 15) is 0 Å². The summed E-state index contributed by atoms with van der Waals surface area (Å²) in [5.74, 6) is 0.681. The number of pyridine rings is 1. The Bertz CT molecular complexity index is 278. The summed E-state index contributed by atoms with van der Waals surface area (Å²) in [6.07, 6.45) is 2.64. The Kier molecular flexibility index (Phi) is 3.99. The van der Waals surface area contributed by atoms with Crippen LogP contribution < -0.4 is 5.32 Å². The number of aromatic nitrogens is 1. The van der Waals surface area contributed by atoms with Gasteiger partial charge in [0.1, 0.15) is 5.82 Å². The van der Waals surface area contributed by atoms with Gasteiger partial charge >= 0.3 is 0 Å². The lowest BCUT2D eigenvalue weighted by molar-refractivity contribution is 0.281. The molecule has 0 aliphatic heterocycles. The van der Waals surface area contributed by atoms with Crippen molar-refractivity contribution in [1.82, 2.24) is 4.98 Å². The van der Waals surface area contributed by atoms with E-state index >= 15 is 0 Å². The summed E-state index contributed by atoms with van der Waals surface area (Å²) in [4.78, 5) is 4.08. The van der Waals surface area contributed by atoms with Gasteiger partial charge in [0.25, 0.3) is 0 Å². The minimum atomic E-state index is -0.0270. The van der Waals surface area contributed by atoms with Crippen LogP contribution in [-0.4, -0.2) is 16.6 Å². The third-order valence-electron chi connectivity index (χ3n) is 1.62. The molecule has 1 rings (SSSR count). The first-order chi connectivity index (χ1) is 6.27. The van der Waals surface area contributed by atoms with Gasteiger partial charge in [0.2, 0.25) is 0 Å². The fourth-order valence-electron chi connectivity index (χ4n) is 0.937. The molecule has 0 spiro atoms. The molecule has 0 fully saturated rings. The van der Waals surface area contributed by atoms with E-state index in [2.05, 4.69) is 17.2 Å². The maximum atomic E-state index is 8.81. The van der Waals surface area contributed by atoms with Gasteiger partial charge in [0, 0.05) is 12.7 Å². The molecule has 72 valence electrons. The predicted molar refractivity (Wildman–Crippen MR) is 54.0 cm³/mol. The molecule has 1 aromatic rings. The van der Waals surface area contributed by atoms with Crippen LogP contribution in [0.4, 0.5) is 5.82 Å². The van der Waals surface area contributed by atoms with Gasteiger partial charge in [-0.1, -0.05) is 18.5 Å². The maximum absolute atomic E-state index is 8.81. The molecule has 0 bridgehead atoms. The number of nitrogens with zero attached hydrogens (tertiary/aromatic N) is 1. The lowest BCUT2D eigenvalue weighted by Gasteiger charge is -2.06. The molecule has 1 aromatic heterocycles. The fraction of sp³-hybridized carbons (Fsp3) is 0.444. The molecule has 0 aromatic carbocycles. The zero-order valence-corrected chi connectivity index (χ0v) is 8.30. The molecule has 1 heterocycles. The first-order valence-corrected chi connectivity index (χ1v) is 4.65. The minimum absolute atomic E-state index is 0.0270. The summed E-state index contributed by atoms with van der Waals surface area (Å²) in [6.45, 7) is 2.90. The second-order valence-electron chi connectivity index (χ2n) is 2.76. The summed E-state index contributed by atoms with van der Waals surface area (Å²) >= 11 is 5.91. The largest absolute Gasteiger partial charge is 0.392 e. The normalized spacial score (nSPS) is 10.1. The van der Waals surface area contributed by atoms with Gasteiger partial charge < -0.3 is 10.4 Å². The molecule has 2 N–H and O–H groups in total. The van der Waals surface area contributed by atoms with Crippen LogP contribution in [0.2, 0.25) is 5.02 Å². The molecule has 4 heteroatoms. The number of anilines is 1. The van der Waals surface area contributed by atoms with Crippen LogP contribution in [0.15, 0.2) is 12.3 Å². The number of halogens is 1. The van der Waals surface area contributed by atoms with E-state index < -0.39 is 0 Å². The van der Waals surface area contributed by atoms with E-state index in [1.165, 1.54) is 0 Å². The second kappa shape index (κ2) is 5.04. The lowest BCUT2D eigenvalue weighted by atomic mass is 10.3. The second-order valence-corrected chi connectivity index (χ2v) is 3.17. The number of nitrogens with one attached hydrogen (secondary N) is 1. The van der Waals surface area contributed by atoms with Crippen molar-refractivity contribution >= 4 is 17.4 Å². The van der Waals surface area contributed by atoms with Crippen LogP contribution in [-0.2, 0) is 6.61 Å². The van der Waals surface area contributed by atoms with Gasteiger partial charge in [0.15, 0.2) is 0 Å². The van der Waals surface area contributed by atoms with Gasteiger partial charge in [-0.25, -0.2) is 4.98 Å². The summed E-state index contributed by atoms with van der Waals surface area (Å²) in [5.41, 5.74) is 0.729. The Morgan fingerprint density at radius 2 is 2.38 bits per heavy atom. The summed E-state index contributed by atoms with van der Waals surface area (Å²) in [7, 11) is 0. The number of hydrogen-bond donors (Lipinski definition) is 2. The molecule has 13 heavy (non-hydrogen) atoms. The Morgan fingerprint density at radius 3 is 2.92 bits per heavy atom. The topological polar surface area (TPSA) is 45.2 Å². The van der Waals surface area contributed by atoms with Gasteiger partial charge in [-0.15, -0.1) is 0 Å². The first-order valence-electron chi connectivity index (χ1n) is 4.27. The van der Waals surface area contributed by atoms with Crippen LogP contribution >= 0.6 is 11.6 Å². The van der Waals surface area contributed by atoms with Crippen molar-refractivity contribution in [3.05, 3.63) is 22.8 Å². The monoisotopic (exact) mass is 200 g/mol. The Morgan fingerprint density at radius 1 is 1.62 bits per heavy atom. The summed E-state index contributed by atoms with van der Waals surface area (Å²) in [5, 5.41) is 12.5. The Balaban J connectivity index is 2.73. The fourth-order valence-corrected chi connectivity index (χ4v) is 1.19. The molecule has 0 saturated carbocycles. The van der Waals surface area contributed by atoms with Gasteiger partial charge in [-0.2, -0.15) is 0 Å². The number of hydrogen-bond acceptors (Lipinski definition) is 3. The van der Waals surface area contributed by atoms with E-state index in [4.69, 9.17) is 16.7 Å². The van der Waals surface area contributed by atoms with Crippen molar-refractivity contribution in [2.45, 2.75) is 20.0 Å². The van der Waals surface area contributed by atoms with Crippen LogP contribution in [0.25, 0.3) is 0 Å². The molecule has 0 unspecified atom stereocenters. The van der Waals surface area contributed by atoms with Crippen molar-refractivity contribution < 1.29 is 5.11 Å². The van der Waals surface area contributed by atoms with Crippen molar-refractivity contribution in [3.63, 3.8) is 0 Å². The number of rotatable bonds is 4. The Hall–Kier alpha value is -0.800. The molecular formula is C9H13ClN2O. The number of aliphatic hydroxyl groups is 1. The lowest BCUT2D eigenvalue weighted by Crippen LogP contribution is -2.02. The van der Waals surface area contributed by atoms with E-state index in [0.717, 1.165) is 18.5 Å². The third-order valence-corrected chi connectivity index (χ3v) is 1.91.